The SMILES string of the molecule is C=C/C(=C\c1c(C)c(=C)/c(=C\C=C/C)n1-c1cccc2c1-c1ccccc1C2(c1ccccc1)c1ccccc1)c1cccc(C)c1. The quantitative estimate of drug-likeness (QED) is 0.159. The lowest BCUT2D eigenvalue weighted by Gasteiger charge is -2.34. The van der Waals surface area contributed by atoms with Crippen LogP contribution in [0.1, 0.15) is 51.6 Å². The summed E-state index contributed by atoms with van der Waals surface area (Å²) in [6.07, 6.45) is 10.6. The molecule has 0 radical (unpaired) electrons. The van der Waals surface area contributed by atoms with Crippen LogP contribution in [0.4, 0.5) is 0 Å². The molecule has 1 aliphatic carbocycles. The minimum Gasteiger partial charge on any atom is -0.309 e. The van der Waals surface area contributed by atoms with Crippen molar-refractivity contribution in [3.63, 3.8) is 0 Å². The Morgan fingerprint density at radius 2 is 1.36 bits per heavy atom. The van der Waals surface area contributed by atoms with E-state index in [-0.39, 0.29) is 0 Å². The van der Waals surface area contributed by atoms with Gasteiger partial charge in [0.1, 0.15) is 0 Å². The van der Waals surface area contributed by atoms with Gasteiger partial charge in [0.25, 0.3) is 0 Å². The van der Waals surface area contributed by atoms with Crippen molar-refractivity contribution in [2.45, 2.75) is 26.2 Å². The van der Waals surface area contributed by atoms with Gasteiger partial charge < -0.3 is 4.57 Å². The standard InChI is InChI=1S/C46H39N/c1-6-8-28-42-33(4)34(5)44(31-35(7-2)36-20-17-19-32(3)30-36)47(42)43-29-18-27-41-45(43)39-25-15-16-26-40(39)46(41,37-21-11-9-12-22-37)38-23-13-10-14-24-38/h6-31H,2,4H2,1,3,5H3/b8-6-,35-31+,42-28+. The summed E-state index contributed by atoms with van der Waals surface area (Å²) in [5.74, 6) is 0. The Bertz CT molecular complexity index is 2260. The molecule has 7 rings (SSSR count). The number of benzene rings is 5. The smallest absolute Gasteiger partial charge is 0.0714 e. The van der Waals surface area contributed by atoms with Crippen LogP contribution in [0.15, 0.2) is 152 Å². The van der Waals surface area contributed by atoms with Gasteiger partial charge in [-0.2, -0.15) is 0 Å². The van der Waals surface area contributed by atoms with Crippen LogP contribution < -0.4 is 10.6 Å². The average molecular weight is 606 g/mol. The molecule has 0 amide bonds. The molecule has 0 fully saturated rings. The van der Waals surface area contributed by atoms with Crippen LogP contribution >= 0.6 is 0 Å². The summed E-state index contributed by atoms with van der Waals surface area (Å²) >= 11 is 0. The van der Waals surface area contributed by atoms with E-state index in [1.54, 1.807) is 0 Å². The number of aromatic nitrogens is 1. The predicted octanol–water partition coefficient (Wildman–Crippen LogP) is 9.95. The van der Waals surface area contributed by atoms with E-state index in [4.69, 9.17) is 0 Å². The number of aryl methyl sites for hydroxylation is 1. The summed E-state index contributed by atoms with van der Waals surface area (Å²) in [5.41, 5.74) is 13.9. The fourth-order valence-corrected chi connectivity index (χ4v) is 7.47. The summed E-state index contributed by atoms with van der Waals surface area (Å²) in [5, 5.41) is 2.09. The van der Waals surface area contributed by atoms with Crippen LogP contribution in [0, 0.1) is 13.8 Å². The molecule has 0 saturated heterocycles. The Morgan fingerprint density at radius 1 is 0.723 bits per heavy atom. The van der Waals surface area contributed by atoms with Crippen molar-refractivity contribution in [3.05, 3.63) is 207 Å². The first-order valence-electron chi connectivity index (χ1n) is 16.3. The molecule has 6 aromatic rings. The van der Waals surface area contributed by atoms with E-state index >= 15 is 0 Å². The van der Waals surface area contributed by atoms with Crippen LogP contribution in [0.3, 0.4) is 0 Å². The summed E-state index contributed by atoms with van der Waals surface area (Å²) in [7, 11) is 0. The lowest BCUT2D eigenvalue weighted by molar-refractivity contribution is 0.767. The maximum absolute atomic E-state index is 4.62. The second-order valence-corrected chi connectivity index (χ2v) is 12.3. The zero-order valence-corrected chi connectivity index (χ0v) is 27.4. The van der Waals surface area contributed by atoms with E-state index in [2.05, 4.69) is 190 Å². The van der Waals surface area contributed by atoms with Crippen LogP contribution in [0.25, 0.3) is 41.1 Å². The van der Waals surface area contributed by atoms with Gasteiger partial charge in [-0.15, -0.1) is 0 Å². The number of allylic oxidation sites excluding steroid dienone is 4. The zero-order chi connectivity index (χ0) is 32.5. The van der Waals surface area contributed by atoms with Crippen LogP contribution in [0.2, 0.25) is 0 Å². The first kappa shape index (κ1) is 30.0. The summed E-state index contributed by atoms with van der Waals surface area (Å²) in [6, 6.07) is 46.3. The molecule has 1 heteroatoms. The third-order valence-corrected chi connectivity index (χ3v) is 9.64. The van der Waals surface area contributed by atoms with Crippen LogP contribution in [-0.4, -0.2) is 4.57 Å². The average Bonchev–Trinajstić information content (AvgIpc) is 3.55. The topological polar surface area (TPSA) is 4.93 Å². The number of rotatable bonds is 7. The number of hydrogen-bond donors (Lipinski definition) is 0. The second-order valence-electron chi connectivity index (χ2n) is 12.3. The van der Waals surface area contributed by atoms with Crippen molar-refractivity contribution in [3.8, 4) is 16.8 Å². The van der Waals surface area contributed by atoms with Gasteiger partial charge in [-0.1, -0.05) is 158 Å². The van der Waals surface area contributed by atoms with Gasteiger partial charge in [0, 0.05) is 5.56 Å². The molecular formula is C46H39N. The van der Waals surface area contributed by atoms with Gasteiger partial charge in [0.2, 0.25) is 0 Å². The van der Waals surface area contributed by atoms with Gasteiger partial charge in [-0.05, 0) is 88.7 Å². The molecule has 228 valence electrons. The molecule has 1 aromatic heterocycles. The van der Waals surface area contributed by atoms with E-state index in [1.165, 1.54) is 38.9 Å². The molecule has 0 N–H and O–H groups in total. The van der Waals surface area contributed by atoms with Crippen molar-refractivity contribution in [1.82, 2.24) is 4.57 Å². The lowest BCUT2D eigenvalue weighted by atomic mass is 9.68. The van der Waals surface area contributed by atoms with Gasteiger partial charge in [0.05, 0.1) is 22.1 Å². The van der Waals surface area contributed by atoms with Crippen molar-refractivity contribution >= 4 is 24.3 Å². The molecule has 0 unspecified atom stereocenters. The second kappa shape index (κ2) is 12.3. The van der Waals surface area contributed by atoms with Gasteiger partial charge in [-0.25, -0.2) is 0 Å². The minimum absolute atomic E-state index is 0.475. The molecule has 0 bridgehead atoms. The maximum atomic E-state index is 4.62. The number of fused-ring (bicyclic) bond motifs is 3. The number of hydrogen-bond acceptors (Lipinski definition) is 0. The predicted molar refractivity (Wildman–Crippen MR) is 201 cm³/mol. The molecule has 1 nitrogen and oxygen atoms in total. The van der Waals surface area contributed by atoms with Crippen molar-refractivity contribution in [1.29, 1.82) is 0 Å². The largest absolute Gasteiger partial charge is 0.309 e. The Labute approximate surface area is 278 Å². The Hall–Kier alpha value is -5.66. The molecule has 5 aromatic carbocycles. The number of nitrogens with zero attached hydrogens (tertiary/aromatic N) is 1. The molecule has 0 atom stereocenters. The van der Waals surface area contributed by atoms with Crippen molar-refractivity contribution in [2.75, 3.05) is 0 Å². The lowest BCUT2D eigenvalue weighted by Crippen LogP contribution is -2.29. The van der Waals surface area contributed by atoms with E-state index in [0.29, 0.717) is 0 Å². The van der Waals surface area contributed by atoms with Crippen molar-refractivity contribution in [2.24, 2.45) is 0 Å². The maximum Gasteiger partial charge on any atom is 0.0714 e. The van der Waals surface area contributed by atoms with Crippen LogP contribution in [0.5, 0.6) is 0 Å². The highest BCUT2D eigenvalue weighted by Gasteiger charge is 2.47. The Balaban J connectivity index is 1.62. The van der Waals surface area contributed by atoms with Crippen LogP contribution in [-0.2, 0) is 5.41 Å². The fourth-order valence-electron chi connectivity index (χ4n) is 7.47. The highest BCUT2D eigenvalue weighted by molar-refractivity contribution is 5.92. The first-order valence-corrected chi connectivity index (χ1v) is 16.3. The summed E-state index contributed by atoms with van der Waals surface area (Å²) in [6.45, 7) is 15.2. The van der Waals surface area contributed by atoms with Gasteiger partial charge in [-0.3, -0.25) is 0 Å². The highest BCUT2D eigenvalue weighted by Crippen LogP contribution is 2.57. The third kappa shape index (κ3) is 4.78. The fraction of sp³-hybridized carbons (Fsp3) is 0.0870. The van der Waals surface area contributed by atoms with Gasteiger partial charge >= 0.3 is 0 Å². The molecular weight excluding hydrogens is 567 g/mol. The zero-order valence-electron chi connectivity index (χ0n) is 27.4. The molecule has 0 aliphatic heterocycles. The molecule has 47 heavy (non-hydrogen) atoms. The van der Waals surface area contributed by atoms with Crippen molar-refractivity contribution < 1.29 is 0 Å². The van der Waals surface area contributed by atoms with E-state index in [1.807, 2.05) is 6.08 Å². The first-order chi connectivity index (χ1) is 23.0. The Morgan fingerprint density at radius 3 is 2.02 bits per heavy atom. The third-order valence-electron chi connectivity index (χ3n) is 9.64. The normalized spacial score (nSPS) is 13.9. The molecule has 1 heterocycles. The molecule has 0 saturated carbocycles. The molecule has 0 spiro atoms. The van der Waals surface area contributed by atoms with E-state index < -0.39 is 5.41 Å². The van der Waals surface area contributed by atoms with E-state index in [9.17, 15) is 0 Å². The highest BCUT2D eigenvalue weighted by atomic mass is 15.0. The minimum atomic E-state index is -0.475. The summed E-state index contributed by atoms with van der Waals surface area (Å²) < 4.78 is 2.42. The monoisotopic (exact) mass is 605 g/mol. The molecule has 1 aliphatic rings. The van der Waals surface area contributed by atoms with E-state index in [0.717, 1.165) is 38.6 Å². The summed E-state index contributed by atoms with van der Waals surface area (Å²) in [4.78, 5) is 0. The van der Waals surface area contributed by atoms with Gasteiger partial charge in [0.15, 0.2) is 0 Å². The Kier molecular flexibility index (Phi) is 7.83.